The van der Waals surface area contributed by atoms with Crippen molar-refractivity contribution in [2.75, 3.05) is 26.7 Å². The number of halogens is 2. The highest BCUT2D eigenvalue weighted by atomic mass is 127. The normalized spacial score (nSPS) is 19.4. The number of ether oxygens (including phenoxy) is 1. The summed E-state index contributed by atoms with van der Waals surface area (Å²) in [6.07, 6.45) is -0.196. The zero-order valence-electron chi connectivity index (χ0n) is 18.4. The molecule has 0 aromatic heterocycles. The number of sulfonamides is 1. The molecule has 32 heavy (non-hydrogen) atoms. The van der Waals surface area contributed by atoms with E-state index in [1.807, 2.05) is 13.8 Å². The van der Waals surface area contributed by atoms with Gasteiger partial charge in [-0.3, -0.25) is 0 Å². The lowest BCUT2D eigenvalue weighted by Gasteiger charge is -2.38. The predicted molar refractivity (Wildman–Crippen MR) is 134 cm³/mol. The standard InChI is InChI=1S/C22H29FN4O3S.HI/c1-4-25-22(26-13-17-5-11-20(12-6-17)31(28,29)24-3)27-14-16(2)30-21(15-27)18-7-9-19(23)10-8-18;/h5-12,16,21,24H,4,13-15H2,1-3H3,(H,25,26);1H. The van der Waals surface area contributed by atoms with Crippen LogP contribution in [0.25, 0.3) is 0 Å². The van der Waals surface area contributed by atoms with Gasteiger partial charge in [0.2, 0.25) is 10.0 Å². The number of aliphatic imine (C=N–C) groups is 1. The Morgan fingerprint density at radius 3 is 2.41 bits per heavy atom. The summed E-state index contributed by atoms with van der Waals surface area (Å²) < 4.78 is 45.4. The molecule has 1 fully saturated rings. The van der Waals surface area contributed by atoms with Gasteiger partial charge in [-0.2, -0.15) is 0 Å². The maximum absolute atomic E-state index is 13.3. The lowest BCUT2D eigenvalue weighted by atomic mass is 10.1. The van der Waals surface area contributed by atoms with Gasteiger partial charge in [0.05, 0.1) is 24.1 Å². The number of nitrogens with zero attached hydrogens (tertiary/aromatic N) is 2. The third kappa shape index (κ3) is 6.87. The monoisotopic (exact) mass is 576 g/mol. The smallest absolute Gasteiger partial charge is 0.240 e. The molecule has 2 aromatic carbocycles. The van der Waals surface area contributed by atoms with Crippen molar-refractivity contribution in [1.82, 2.24) is 14.9 Å². The van der Waals surface area contributed by atoms with Gasteiger partial charge in [0.15, 0.2) is 5.96 Å². The molecule has 2 N–H and O–H groups in total. The van der Waals surface area contributed by atoms with E-state index < -0.39 is 10.0 Å². The van der Waals surface area contributed by atoms with Crippen molar-refractivity contribution in [3.8, 4) is 0 Å². The SMILES string of the molecule is CCNC(=NCc1ccc(S(=O)(=O)NC)cc1)N1CC(C)OC(c2ccc(F)cc2)C1.I. The summed E-state index contributed by atoms with van der Waals surface area (Å²) in [5, 5.41) is 3.32. The van der Waals surface area contributed by atoms with Gasteiger partial charge in [0, 0.05) is 13.1 Å². The molecule has 2 aromatic rings. The van der Waals surface area contributed by atoms with Gasteiger partial charge in [-0.15, -0.1) is 24.0 Å². The second-order valence-corrected chi connectivity index (χ2v) is 9.30. The topological polar surface area (TPSA) is 83.0 Å². The maximum atomic E-state index is 13.3. The molecule has 1 saturated heterocycles. The molecule has 2 atom stereocenters. The number of hydrogen-bond donors (Lipinski definition) is 2. The van der Waals surface area contributed by atoms with Crippen molar-refractivity contribution in [2.45, 2.75) is 37.5 Å². The number of rotatable bonds is 6. The molecule has 7 nitrogen and oxygen atoms in total. The summed E-state index contributed by atoms with van der Waals surface area (Å²) >= 11 is 0. The second-order valence-electron chi connectivity index (χ2n) is 7.41. The van der Waals surface area contributed by atoms with E-state index in [1.54, 1.807) is 36.4 Å². The Balaban J connectivity index is 0.00000363. The van der Waals surface area contributed by atoms with Gasteiger partial charge in [0.1, 0.15) is 11.9 Å². The third-order valence-electron chi connectivity index (χ3n) is 5.05. The van der Waals surface area contributed by atoms with Gasteiger partial charge < -0.3 is 15.0 Å². The zero-order chi connectivity index (χ0) is 22.4. The van der Waals surface area contributed by atoms with Gasteiger partial charge in [-0.1, -0.05) is 24.3 Å². The fraction of sp³-hybridized carbons (Fsp3) is 0.409. The fourth-order valence-electron chi connectivity index (χ4n) is 3.47. The molecule has 0 radical (unpaired) electrons. The van der Waals surface area contributed by atoms with Crippen LogP contribution in [0, 0.1) is 5.82 Å². The molecule has 1 heterocycles. The van der Waals surface area contributed by atoms with Gasteiger partial charge in [-0.25, -0.2) is 22.5 Å². The number of benzene rings is 2. The average Bonchev–Trinajstić information content (AvgIpc) is 2.77. The Kier molecular flexibility index (Phi) is 9.86. The molecule has 10 heteroatoms. The minimum absolute atomic E-state index is 0. The maximum Gasteiger partial charge on any atom is 0.240 e. The second kappa shape index (κ2) is 11.9. The van der Waals surface area contributed by atoms with Crippen LogP contribution in [0.1, 0.15) is 31.1 Å². The minimum atomic E-state index is -3.46. The summed E-state index contributed by atoms with van der Waals surface area (Å²) in [6.45, 7) is 6.42. The Morgan fingerprint density at radius 2 is 1.81 bits per heavy atom. The van der Waals surface area contributed by atoms with Crippen LogP contribution in [0.3, 0.4) is 0 Å². The van der Waals surface area contributed by atoms with Crippen LogP contribution in [0.2, 0.25) is 0 Å². The summed E-state index contributed by atoms with van der Waals surface area (Å²) in [7, 11) is -2.07. The predicted octanol–water partition coefficient (Wildman–Crippen LogP) is 3.28. The molecule has 0 amide bonds. The van der Waals surface area contributed by atoms with Gasteiger partial charge in [-0.05, 0) is 56.3 Å². The highest BCUT2D eigenvalue weighted by Crippen LogP contribution is 2.25. The largest absolute Gasteiger partial charge is 0.367 e. The molecule has 0 spiro atoms. The summed E-state index contributed by atoms with van der Waals surface area (Å²) in [6, 6.07) is 13.1. The van der Waals surface area contributed by atoms with E-state index in [9.17, 15) is 12.8 Å². The summed E-state index contributed by atoms with van der Waals surface area (Å²) in [4.78, 5) is 7.11. The molecule has 0 bridgehead atoms. The first-order valence-corrected chi connectivity index (χ1v) is 11.8. The number of morpholine rings is 1. The van der Waals surface area contributed by atoms with E-state index in [2.05, 4.69) is 14.9 Å². The molecule has 176 valence electrons. The van der Waals surface area contributed by atoms with Crippen LogP contribution in [-0.4, -0.2) is 52.1 Å². The van der Waals surface area contributed by atoms with Crippen molar-refractivity contribution in [3.05, 3.63) is 65.5 Å². The molecule has 0 aliphatic carbocycles. The molecule has 1 aliphatic heterocycles. The number of nitrogens with one attached hydrogen (secondary N) is 2. The quantitative estimate of drug-likeness (QED) is 0.314. The number of guanidine groups is 1. The number of hydrogen-bond acceptors (Lipinski definition) is 4. The lowest BCUT2D eigenvalue weighted by Crippen LogP contribution is -2.50. The Bertz CT molecular complexity index is 1000. The highest BCUT2D eigenvalue weighted by molar-refractivity contribution is 14.0. The van der Waals surface area contributed by atoms with Crippen molar-refractivity contribution < 1.29 is 17.5 Å². The third-order valence-corrected chi connectivity index (χ3v) is 6.48. The van der Waals surface area contributed by atoms with Crippen molar-refractivity contribution in [1.29, 1.82) is 0 Å². The summed E-state index contributed by atoms with van der Waals surface area (Å²) in [5.74, 6) is 0.490. The van der Waals surface area contributed by atoms with Crippen LogP contribution in [0.5, 0.6) is 0 Å². The first-order chi connectivity index (χ1) is 14.8. The first-order valence-electron chi connectivity index (χ1n) is 10.3. The average molecular weight is 576 g/mol. The van der Waals surface area contributed by atoms with E-state index in [-0.39, 0.29) is 46.9 Å². The fourth-order valence-corrected chi connectivity index (χ4v) is 4.20. The molecular weight excluding hydrogens is 546 g/mol. The van der Waals surface area contributed by atoms with Crippen molar-refractivity contribution in [3.63, 3.8) is 0 Å². The summed E-state index contributed by atoms with van der Waals surface area (Å²) in [5.41, 5.74) is 1.83. The van der Waals surface area contributed by atoms with Crippen LogP contribution in [0.15, 0.2) is 58.4 Å². The van der Waals surface area contributed by atoms with Crippen LogP contribution in [-0.2, 0) is 21.3 Å². The Hall–Kier alpha value is -1.76. The van der Waals surface area contributed by atoms with E-state index in [1.165, 1.54) is 19.2 Å². The minimum Gasteiger partial charge on any atom is -0.367 e. The van der Waals surface area contributed by atoms with Crippen LogP contribution in [0.4, 0.5) is 4.39 Å². The Morgan fingerprint density at radius 1 is 1.16 bits per heavy atom. The van der Waals surface area contributed by atoms with E-state index in [0.29, 0.717) is 26.2 Å². The van der Waals surface area contributed by atoms with Crippen LogP contribution >= 0.6 is 24.0 Å². The molecule has 0 saturated carbocycles. The molecule has 1 aliphatic rings. The van der Waals surface area contributed by atoms with E-state index >= 15 is 0 Å². The highest BCUT2D eigenvalue weighted by Gasteiger charge is 2.28. The molecular formula is C22H30FIN4O3S. The van der Waals surface area contributed by atoms with Crippen molar-refractivity contribution >= 4 is 40.0 Å². The Labute approximate surface area is 206 Å². The van der Waals surface area contributed by atoms with E-state index in [0.717, 1.165) is 17.1 Å². The van der Waals surface area contributed by atoms with Crippen LogP contribution < -0.4 is 10.0 Å². The van der Waals surface area contributed by atoms with E-state index in [4.69, 9.17) is 9.73 Å². The molecule has 2 unspecified atom stereocenters. The molecule has 3 rings (SSSR count). The first kappa shape index (κ1) is 26.5. The zero-order valence-corrected chi connectivity index (χ0v) is 21.6. The lowest BCUT2D eigenvalue weighted by molar-refractivity contribution is -0.0605. The van der Waals surface area contributed by atoms with Crippen molar-refractivity contribution in [2.24, 2.45) is 4.99 Å². The van der Waals surface area contributed by atoms with Gasteiger partial charge in [0.25, 0.3) is 0 Å². The van der Waals surface area contributed by atoms with Gasteiger partial charge >= 0.3 is 0 Å².